The molecule has 2 aromatic rings. The van der Waals surface area contributed by atoms with Crippen LogP contribution >= 0.6 is 11.6 Å². The molecule has 16 heavy (non-hydrogen) atoms. The highest BCUT2D eigenvalue weighted by atomic mass is 35.5. The lowest BCUT2D eigenvalue weighted by atomic mass is 10.1. The fourth-order valence-electron chi connectivity index (χ4n) is 1.22. The lowest BCUT2D eigenvalue weighted by Crippen LogP contribution is -1.91. The maximum Gasteiger partial charge on any atom is 0.374 e. The van der Waals surface area contributed by atoms with Crippen LogP contribution in [-0.4, -0.2) is 16.2 Å². The third kappa shape index (κ3) is 1.85. The highest BCUT2D eigenvalue weighted by molar-refractivity contribution is 6.33. The molecule has 0 bridgehead atoms. The van der Waals surface area contributed by atoms with Crippen molar-refractivity contribution >= 4 is 23.3 Å². The largest absolute Gasteiger partial charge is 0.475 e. The number of nitrogens with two attached hydrogens (primary N) is 1. The molecule has 0 amide bonds. The molecule has 0 spiro atoms. The Labute approximate surface area is 95.4 Å². The molecule has 0 aliphatic heterocycles. The normalized spacial score (nSPS) is 10.3. The van der Waals surface area contributed by atoms with Gasteiger partial charge in [-0.2, -0.15) is 0 Å². The predicted molar refractivity (Wildman–Crippen MR) is 58.3 cm³/mol. The zero-order valence-corrected chi connectivity index (χ0v) is 8.73. The van der Waals surface area contributed by atoms with E-state index < -0.39 is 5.97 Å². The molecule has 1 heterocycles. The molecule has 5 nitrogen and oxygen atoms in total. The predicted octanol–water partition coefficient (Wildman–Crippen LogP) is 2.28. The molecule has 3 N–H and O–H groups in total. The smallest absolute Gasteiger partial charge is 0.374 e. The summed E-state index contributed by atoms with van der Waals surface area (Å²) in [6.07, 6.45) is 0. The van der Waals surface area contributed by atoms with Crippen LogP contribution in [0.3, 0.4) is 0 Å². The number of benzene rings is 1. The first-order chi connectivity index (χ1) is 7.58. The third-order valence-electron chi connectivity index (χ3n) is 2.01. The number of nitrogen functional groups attached to an aromatic ring is 1. The van der Waals surface area contributed by atoms with Gasteiger partial charge in [-0.1, -0.05) is 22.8 Å². The summed E-state index contributed by atoms with van der Waals surface area (Å²) in [4.78, 5) is 10.6. The Morgan fingerprint density at radius 3 is 2.75 bits per heavy atom. The number of carboxylic acids is 1. The average molecular weight is 239 g/mol. The zero-order chi connectivity index (χ0) is 11.7. The number of aromatic nitrogens is 1. The van der Waals surface area contributed by atoms with Gasteiger partial charge in [0.25, 0.3) is 0 Å². The number of hydrogen-bond donors (Lipinski definition) is 2. The molecule has 1 aromatic heterocycles. The summed E-state index contributed by atoms with van der Waals surface area (Å²) in [5.41, 5.74) is 7.07. The number of aromatic carboxylic acids is 1. The van der Waals surface area contributed by atoms with Crippen LogP contribution in [0.5, 0.6) is 0 Å². The topological polar surface area (TPSA) is 89.4 Å². The first kappa shape index (κ1) is 10.5. The van der Waals surface area contributed by atoms with Gasteiger partial charge in [0, 0.05) is 11.6 Å². The summed E-state index contributed by atoms with van der Waals surface area (Å²) in [5, 5.41) is 12.7. The monoisotopic (exact) mass is 238 g/mol. The Bertz CT molecular complexity index is 551. The van der Waals surface area contributed by atoms with E-state index in [0.29, 0.717) is 22.0 Å². The number of nitrogens with zero attached hydrogens (tertiary/aromatic N) is 1. The van der Waals surface area contributed by atoms with Gasteiger partial charge < -0.3 is 15.4 Å². The number of anilines is 1. The van der Waals surface area contributed by atoms with E-state index in [-0.39, 0.29) is 5.76 Å². The third-order valence-corrected chi connectivity index (χ3v) is 2.36. The van der Waals surface area contributed by atoms with Crippen molar-refractivity contribution in [3.05, 3.63) is 35.0 Å². The Morgan fingerprint density at radius 1 is 1.44 bits per heavy atom. The average Bonchev–Trinajstić information content (AvgIpc) is 2.71. The van der Waals surface area contributed by atoms with E-state index in [1.807, 2.05) is 0 Å². The highest BCUT2D eigenvalue weighted by Gasteiger charge is 2.12. The molecule has 0 aliphatic rings. The number of carbonyl (C=O) groups is 1. The summed E-state index contributed by atoms with van der Waals surface area (Å²) in [6.45, 7) is 0. The second-order valence-corrected chi connectivity index (χ2v) is 3.53. The molecule has 2 rings (SSSR count). The van der Waals surface area contributed by atoms with Gasteiger partial charge in [-0.25, -0.2) is 4.79 Å². The molecule has 1 aromatic carbocycles. The van der Waals surface area contributed by atoms with Crippen LogP contribution in [0.4, 0.5) is 5.69 Å². The van der Waals surface area contributed by atoms with Gasteiger partial charge in [-0.15, -0.1) is 0 Å². The molecule has 0 unspecified atom stereocenters. The first-order valence-electron chi connectivity index (χ1n) is 4.33. The second kappa shape index (κ2) is 3.86. The van der Waals surface area contributed by atoms with E-state index in [2.05, 4.69) is 9.68 Å². The van der Waals surface area contributed by atoms with Crippen molar-refractivity contribution in [1.82, 2.24) is 5.16 Å². The van der Waals surface area contributed by atoms with E-state index in [1.54, 1.807) is 18.2 Å². The SMILES string of the molecule is Nc1cc(-c2cc(C(=O)O)on2)ccc1Cl. The van der Waals surface area contributed by atoms with Crippen molar-refractivity contribution in [2.45, 2.75) is 0 Å². The van der Waals surface area contributed by atoms with Gasteiger partial charge >= 0.3 is 5.97 Å². The van der Waals surface area contributed by atoms with E-state index >= 15 is 0 Å². The molecule has 0 saturated heterocycles. The molecule has 0 fully saturated rings. The molecule has 6 heteroatoms. The lowest BCUT2D eigenvalue weighted by Gasteiger charge is -1.99. The molecule has 82 valence electrons. The molecule has 0 saturated carbocycles. The summed E-state index contributed by atoms with van der Waals surface area (Å²) >= 11 is 5.76. The molecule has 0 aliphatic carbocycles. The van der Waals surface area contributed by atoms with Crippen LogP contribution in [0.15, 0.2) is 28.8 Å². The van der Waals surface area contributed by atoms with Crippen molar-refractivity contribution < 1.29 is 14.4 Å². The molecular formula is C10H7ClN2O3. The van der Waals surface area contributed by atoms with Gasteiger partial charge in [0.1, 0.15) is 5.69 Å². The molecular weight excluding hydrogens is 232 g/mol. The maximum absolute atomic E-state index is 10.6. The van der Waals surface area contributed by atoms with Crippen LogP contribution in [-0.2, 0) is 0 Å². The molecule has 0 radical (unpaired) electrons. The van der Waals surface area contributed by atoms with Gasteiger partial charge in [-0.3, -0.25) is 0 Å². The van der Waals surface area contributed by atoms with Crippen LogP contribution in [0, 0.1) is 0 Å². The summed E-state index contributed by atoms with van der Waals surface area (Å²) in [5.74, 6) is -1.38. The van der Waals surface area contributed by atoms with Crippen molar-refractivity contribution in [2.75, 3.05) is 5.73 Å². The Morgan fingerprint density at radius 2 is 2.19 bits per heavy atom. The number of halogens is 1. The van der Waals surface area contributed by atoms with Crippen molar-refractivity contribution in [2.24, 2.45) is 0 Å². The van der Waals surface area contributed by atoms with Crippen molar-refractivity contribution in [1.29, 1.82) is 0 Å². The second-order valence-electron chi connectivity index (χ2n) is 3.12. The minimum Gasteiger partial charge on any atom is -0.475 e. The van der Waals surface area contributed by atoms with Gasteiger partial charge in [0.15, 0.2) is 0 Å². The quantitative estimate of drug-likeness (QED) is 0.784. The standard InChI is InChI=1S/C10H7ClN2O3/c11-6-2-1-5(3-7(6)12)8-4-9(10(14)15)16-13-8/h1-4H,12H2,(H,14,15). The first-order valence-corrected chi connectivity index (χ1v) is 4.71. The van der Waals surface area contributed by atoms with E-state index in [0.717, 1.165) is 0 Å². The molecule has 0 atom stereocenters. The van der Waals surface area contributed by atoms with Crippen LogP contribution in [0.25, 0.3) is 11.3 Å². The van der Waals surface area contributed by atoms with Gasteiger partial charge in [0.2, 0.25) is 5.76 Å². The van der Waals surface area contributed by atoms with E-state index in [1.165, 1.54) is 6.07 Å². The minimum atomic E-state index is -1.17. The fourth-order valence-corrected chi connectivity index (χ4v) is 1.33. The van der Waals surface area contributed by atoms with E-state index in [4.69, 9.17) is 22.4 Å². The van der Waals surface area contributed by atoms with Crippen LogP contribution in [0.2, 0.25) is 5.02 Å². The van der Waals surface area contributed by atoms with E-state index in [9.17, 15) is 4.79 Å². The van der Waals surface area contributed by atoms with Crippen LogP contribution in [0.1, 0.15) is 10.6 Å². The summed E-state index contributed by atoms with van der Waals surface area (Å²) in [7, 11) is 0. The Hall–Kier alpha value is -2.01. The highest BCUT2D eigenvalue weighted by Crippen LogP contribution is 2.26. The minimum absolute atomic E-state index is 0.219. The van der Waals surface area contributed by atoms with Crippen LogP contribution < -0.4 is 5.73 Å². The summed E-state index contributed by atoms with van der Waals surface area (Å²) in [6, 6.07) is 6.22. The Balaban J connectivity index is 2.42. The lowest BCUT2D eigenvalue weighted by molar-refractivity contribution is 0.0652. The number of hydrogen-bond acceptors (Lipinski definition) is 4. The van der Waals surface area contributed by atoms with Crippen molar-refractivity contribution in [3.63, 3.8) is 0 Å². The van der Waals surface area contributed by atoms with Gasteiger partial charge in [-0.05, 0) is 12.1 Å². The number of rotatable bonds is 2. The summed E-state index contributed by atoms with van der Waals surface area (Å²) < 4.78 is 4.63. The van der Waals surface area contributed by atoms with Gasteiger partial charge in [0.05, 0.1) is 10.7 Å². The zero-order valence-electron chi connectivity index (χ0n) is 7.98. The maximum atomic E-state index is 10.6. The van der Waals surface area contributed by atoms with Crippen molar-refractivity contribution in [3.8, 4) is 11.3 Å². The number of carboxylic acid groups (broad SMARTS) is 1. The Kier molecular flexibility index (Phi) is 2.54. The fraction of sp³-hybridized carbons (Fsp3) is 0.